The van der Waals surface area contributed by atoms with Crippen LogP contribution in [0.25, 0.3) is 0 Å². The molecule has 0 aliphatic rings. The Labute approximate surface area is 80.1 Å². The molecule has 1 rings (SSSR count). The average molecular weight is 196 g/mol. The van der Waals surface area contributed by atoms with Crippen molar-refractivity contribution >= 4 is 23.3 Å². The van der Waals surface area contributed by atoms with Crippen molar-refractivity contribution in [3.63, 3.8) is 0 Å². The number of benzene rings is 1. The lowest BCUT2D eigenvalue weighted by molar-refractivity contribution is -0.130. The summed E-state index contributed by atoms with van der Waals surface area (Å²) in [7, 11) is 0. The number of aliphatic carboxylic acids is 1. The number of carboxylic acids is 1. The molecular weight excluding hydrogens is 190 g/mol. The summed E-state index contributed by atoms with van der Waals surface area (Å²) in [5.41, 5.74) is 6.37. The zero-order valence-corrected chi connectivity index (χ0v) is 7.30. The summed E-state index contributed by atoms with van der Waals surface area (Å²) in [6.07, 6.45) is 0. The number of rotatable bonds is 0. The van der Waals surface area contributed by atoms with Crippen LogP contribution in [-0.2, 0) is 4.79 Å². The molecule has 0 aromatic heterocycles. The molecule has 0 bridgehead atoms. The SMILES string of the molecule is Nc1cc(Cl)ccc1C#CC(=O)O. The third kappa shape index (κ3) is 2.69. The molecule has 0 fully saturated rings. The minimum absolute atomic E-state index is 0.376. The molecule has 0 atom stereocenters. The van der Waals surface area contributed by atoms with Crippen LogP contribution in [0.1, 0.15) is 5.56 Å². The van der Waals surface area contributed by atoms with Gasteiger partial charge in [0.15, 0.2) is 0 Å². The average Bonchev–Trinajstić information content (AvgIpc) is 2.02. The first-order chi connectivity index (χ1) is 6.09. The second-order valence-electron chi connectivity index (χ2n) is 2.29. The van der Waals surface area contributed by atoms with Gasteiger partial charge in [-0.2, -0.15) is 0 Å². The van der Waals surface area contributed by atoms with Gasteiger partial charge < -0.3 is 10.8 Å². The van der Waals surface area contributed by atoms with Gasteiger partial charge in [0, 0.05) is 22.2 Å². The largest absolute Gasteiger partial charge is 0.472 e. The third-order valence-corrected chi connectivity index (χ3v) is 1.55. The predicted octanol–water partition coefficient (Wildman–Crippen LogP) is 1.36. The molecule has 0 spiro atoms. The van der Waals surface area contributed by atoms with Crippen LogP contribution in [0.2, 0.25) is 5.02 Å². The fourth-order valence-corrected chi connectivity index (χ4v) is 0.949. The Morgan fingerprint density at radius 3 is 2.77 bits per heavy atom. The second kappa shape index (κ2) is 3.83. The van der Waals surface area contributed by atoms with Crippen molar-refractivity contribution in [2.24, 2.45) is 0 Å². The number of nitrogens with two attached hydrogens (primary N) is 1. The molecule has 0 saturated carbocycles. The molecule has 1 aromatic rings. The Hall–Kier alpha value is -1.66. The van der Waals surface area contributed by atoms with Crippen LogP contribution >= 0.6 is 11.6 Å². The van der Waals surface area contributed by atoms with E-state index in [0.29, 0.717) is 16.3 Å². The van der Waals surface area contributed by atoms with E-state index in [4.69, 9.17) is 22.4 Å². The maximum atomic E-state index is 10.1. The van der Waals surface area contributed by atoms with E-state index in [9.17, 15) is 4.79 Å². The summed E-state index contributed by atoms with van der Waals surface area (Å²) in [4.78, 5) is 10.1. The van der Waals surface area contributed by atoms with Gasteiger partial charge in [0.1, 0.15) is 0 Å². The molecule has 0 unspecified atom stereocenters. The van der Waals surface area contributed by atoms with E-state index in [1.807, 2.05) is 5.92 Å². The van der Waals surface area contributed by atoms with Crippen molar-refractivity contribution in [3.8, 4) is 11.8 Å². The quantitative estimate of drug-likeness (QED) is 0.485. The fourth-order valence-electron chi connectivity index (χ4n) is 0.768. The molecule has 0 aliphatic heterocycles. The summed E-state index contributed by atoms with van der Waals surface area (Å²) < 4.78 is 0. The third-order valence-electron chi connectivity index (χ3n) is 1.32. The zero-order chi connectivity index (χ0) is 9.84. The first kappa shape index (κ1) is 9.43. The van der Waals surface area contributed by atoms with Crippen molar-refractivity contribution < 1.29 is 9.90 Å². The van der Waals surface area contributed by atoms with E-state index in [1.54, 1.807) is 12.1 Å². The van der Waals surface area contributed by atoms with E-state index in [0.717, 1.165) is 0 Å². The van der Waals surface area contributed by atoms with Crippen LogP contribution in [0.5, 0.6) is 0 Å². The van der Waals surface area contributed by atoms with E-state index in [2.05, 4.69) is 5.92 Å². The number of hydrogen-bond donors (Lipinski definition) is 2. The molecule has 1 aromatic carbocycles. The molecule has 0 aliphatic carbocycles. The summed E-state index contributed by atoms with van der Waals surface area (Å²) in [6, 6.07) is 4.70. The number of nitrogen functional groups attached to an aromatic ring is 1. The van der Waals surface area contributed by atoms with Gasteiger partial charge in [0.25, 0.3) is 0 Å². The first-order valence-electron chi connectivity index (χ1n) is 3.39. The molecule has 0 saturated heterocycles. The molecule has 66 valence electrons. The summed E-state index contributed by atoms with van der Waals surface area (Å²) in [6.45, 7) is 0. The normalized spacial score (nSPS) is 8.69. The van der Waals surface area contributed by atoms with Gasteiger partial charge in [-0.05, 0) is 18.2 Å². The van der Waals surface area contributed by atoms with Crippen LogP contribution in [-0.4, -0.2) is 11.1 Å². The number of anilines is 1. The van der Waals surface area contributed by atoms with Gasteiger partial charge in [-0.3, -0.25) is 0 Å². The Morgan fingerprint density at radius 2 is 2.23 bits per heavy atom. The number of hydrogen-bond acceptors (Lipinski definition) is 2. The highest BCUT2D eigenvalue weighted by molar-refractivity contribution is 6.30. The highest BCUT2D eigenvalue weighted by Gasteiger charge is 1.96. The van der Waals surface area contributed by atoms with Crippen molar-refractivity contribution in [2.45, 2.75) is 0 Å². The lowest BCUT2D eigenvalue weighted by atomic mass is 10.2. The van der Waals surface area contributed by atoms with Crippen LogP contribution in [0.4, 0.5) is 5.69 Å². The predicted molar refractivity (Wildman–Crippen MR) is 50.4 cm³/mol. The van der Waals surface area contributed by atoms with Crippen molar-refractivity contribution in [3.05, 3.63) is 28.8 Å². The molecule has 3 nitrogen and oxygen atoms in total. The monoisotopic (exact) mass is 195 g/mol. The zero-order valence-electron chi connectivity index (χ0n) is 6.54. The van der Waals surface area contributed by atoms with Gasteiger partial charge in [-0.25, -0.2) is 4.79 Å². The van der Waals surface area contributed by atoms with Crippen molar-refractivity contribution in [2.75, 3.05) is 5.73 Å². The van der Waals surface area contributed by atoms with E-state index in [-0.39, 0.29) is 0 Å². The van der Waals surface area contributed by atoms with Crippen LogP contribution < -0.4 is 5.73 Å². The van der Waals surface area contributed by atoms with Crippen LogP contribution in [0, 0.1) is 11.8 Å². The molecule has 0 amide bonds. The Morgan fingerprint density at radius 1 is 1.54 bits per heavy atom. The first-order valence-corrected chi connectivity index (χ1v) is 3.77. The maximum Gasteiger partial charge on any atom is 0.382 e. The topological polar surface area (TPSA) is 63.3 Å². The van der Waals surface area contributed by atoms with E-state index >= 15 is 0 Å². The lowest BCUT2D eigenvalue weighted by Crippen LogP contribution is -1.91. The van der Waals surface area contributed by atoms with E-state index < -0.39 is 5.97 Å². The summed E-state index contributed by atoms with van der Waals surface area (Å²) in [5, 5.41) is 8.78. The Bertz CT molecular complexity index is 404. The van der Waals surface area contributed by atoms with Crippen molar-refractivity contribution in [1.29, 1.82) is 0 Å². The van der Waals surface area contributed by atoms with Gasteiger partial charge >= 0.3 is 5.97 Å². The molecule has 0 radical (unpaired) electrons. The smallest absolute Gasteiger partial charge is 0.382 e. The Balaban J connectivity index is 3.05. The molecule has 3 N–H and O–H groups in total. The van der Waals surface area contributed by atoms with Gasteiger partial charge in [-0.1, -0.05) is 17.5 Å². The minimum Gasteiger partial charge on any atom is -0.472 e. The molecule has 0 heterocycles. The minimum atomic E-state index is -1.19. The summed E-state index contributed by atoms with van der Waals surface area (Å²) >= 11 is 5.64. The standard InChI is InChI=1S/C9H6ClNO2/c10-7-3-1-6(8(11)5-7)2-4-9(12)13/h1,3,5H,11H2,(H,12,13). The number of carbonyl (C=O) groups is 1. The fraction of sp³-hybridized carbons (Fsp3) is 0. The molecule has 13 heavy (non-hydrogen) atoms. The van der Waals surface area contributed by atoms with Gasteiger partial charge in [0.2, 0.25) is 0 Å². The van der Waals surface area contributed by atoms with Crippen LogP contribution in [0.15, 0.2) is 18.2 Å². The van der Waals surface area contributed by atoms with E-state index in [1.165, 1.54) is 6.07 Å². The Kier molecular flexibility index (Phi) is 2.78. The second-order valence-corrected chi connectivity index (χ2v) is 2.72. The van der Waals surface area contributed by atoms with Crippen LogP contribution in [0.3, 0.4) is 0 Å². The molecular formula is C9H6ClNO2. The van der Waals surface area contributed by atoms with Gasteiger partial charge in [0.05, 0.1) is 0 Å². The van der Waals surface area contributed by atoms with Gasteiger partial charge in [-0.15, -0.1) is 0 Å². The summed E-state index contributed by atoms with van der Waals surface area (Å²) in [5.74, 6) is 3.19. The maximum absolute atomic E-state index is 10.1. The number of halogens is 1. The lowest BCUT2D eigenvalue weighted by Gasteiger charge is -1.96. The number of carboxylic acid groups (broad SMARTS) is 1. The highest BCUT2D eigenvalue weighted by atomic mass is 35.5. The highest BCUT2D eigenvalue weighted by Crippen LogP contribution is 2.16. The van der Waals surface area contributed by atoms with Crippen molar-refractivity contribution in [1.82, 2.24) is 0 Å². The molecule has 4 heteroatoms.